The van der Waals surface area contributed by atoms with Crippen LogP contribution >= 0.6 is 23.1 Å². The smallest absolute Gasteiger partial charge is 0.336 e. The van der Waals surface area contributed by atoms with Crippen molar-refractivity contribution in [3.63, 3.8) is 0 Å². The van der Waals surface area contributed by atoms with E-state index in [0.717, 1.165) is 12.0 Å². The first-order valence-electron chi connectivity index (χ1n) is 12.1. The van der Waals surface area contributed by atoms with Crippen LogP contribution in [0.15, 0.2) is 85.2 Å². The number of hydrogen-bond acceptors (Lipinski definition) is 8. The number of thioether (sulfide) groups is 1. The van der Waals surface area contributed by atoms with Crippen LogP contribution in [0.25, 0.3) is 21.2 Å². The van der Waals surface area contributed by atoms with Crippen molar-refractivity contribution in [1.82, 2.24) is 14.9 Å². The van der Waals surface area contributed by atoms with E-state index < -0.39 is 5.63 Å². The number of benzene rings is 2. The zero-order valence-corrected chi connectivity index (χ0v) is 22.0. The summed E-state index contributed by atoms with van der Waals surface area (Å²) in [6, 6.07) is 17.8. The highest BCUT2D eigenvalue weighted by Gasteiger charge is 2.15. The van der Waals surface area contributed by atoms with Crippen molar-refractivity contribution in [2.24, 2.45) is 0 Å². The molecule has 194 valence electrons. The number of aromatic nitrogens is 2. The Morgan fingerprint density at radius 1 is 1.11 bits per heavy atom. The third-order valence-electron chi connectivity index (χ3n) is 6.07. The predicted octanol–water partition coefficient (Wildman–Crippen LogP) is 4.70. The summed E-state index contributed by atoms with van der Waals surface area (Å²) in [5, 5.41) is 15.7. The SMILES string of the molecule is O=C(CCCn1c(SCc2cc(=O)oc3cc(O)ccc23)nc2ccsc2c1=O)NCCc1ccccc1. The highest BCUT2D eigenvalue weighted by Crippen LogP contribution is 2.28. The Labute approximate surface area is 226 Å². The Hall–Kier alpha value is -3.89. The minimum absolute atomic E-state index is 0.00738. The fourth-order valence-corrected chi connectivity index (χ4v) is 5.98. The zero-order valence-electron chi connectivity index (χ0n) is 20.4. The first kappa shape index (κ1) is 25.7. The van der Waals surface area contributed by atoms with Gasteiger partial charge in [-0.3, -0.25) is 14.2 Å². The molecule has 0 radical (unpaired) electrons. The molecule has 38 heavy (non-hydrogen) atoms. The van der Waals surface area contributed by atoms with Crippen LogP contribution in [0, 0.1) is 0 Å². The number of phenolic OH excluding ortho intramolecular Hbond substituents is 1. The third kappa shape index (κ3) is 5.98. The van der Waals surface area contributed by atoms with Gasteiger partial charge in [0.15, 0.2) is 5.16 Å². The number of fused-ring (bicyclic) bond motifs is 2. The summed E-state index contributed by atoms with van der Waals surface area (Å²) in [7, 11) is 0. The molecule has 0 saturated carbocycles. The standard InChI is InChI=1S/C28H25N3O5S2/c32-20-8-9-21-19(15-25(34)36-23(21)16-20)17-38-28-30-22-11-14-37-26(22)27(35)31(28)13-4-7-24(33)29-12-10-18-5-2-1-3-6-18/h1-3,5-6,8-9,11,14-16,32H,4,7,10,12-13,17H2,(H,29,33). The molecule has 0 aliphatic rings. The van der Waals surface area contributed by atoms with Crippen LogP contribution in [-0.4, -0.2) is 27.1 Å². The van der Waals surface area contributed by atoms with E-state index >= 15 is 0 Å². The number of phenols is 1. The second-order valence-corrected chi connectivity index (χ2v) is 10.6. The van der Waals surface area contributed by atoms with Gasteiger partial charge in [0.1, 0.15) is 16.0 Å². The number of nitrogens with one attached hydrogen (secondary N) is 1. The first-order valence-corrected chi connectivity index (χ1v) is 14.0. The Morgan fingerprint density at radius 3 is 2.79 bits per heavy atom. The molecule has 0 atom stereocenters. The Bertz CT molecular complexity index is 1710. The molecule has 8 nitrogen and oxygen atoms in total. The van der Waals surface area contributed by atoms with Gasteiger partial charge in [0.2, 0.25) is 5.91 Å². The molecule has 3 aromatic heterocycles. The van der Waals surface area contributed by atoms with Crippen molar-refractivity contribution < 1.29 is 14.3 Å². The van der Waals surface area contributed by atoms with Crippen molar-refractivity contribution >= 4 is 50.2 Å². The maximum Gasteiger partial charge on any atom is 0.336 e. The maximum atomic E-state index is 13.3. The lowest BCUT2D eigenvalue weighted by molar-refractivity contribution is -0.121. The van der Waals surface area contributed by atoms with E-state index in [1.807, 2.05) is 41.8 Å². The number of carbonyl (C=O) groups excluding carboxylic acids is 1. The Morgan fingerprint density at radius 2 is 1.95 bits per heavy atom. The van der Waals surface area contributed by atoms with E-state index in [-0.39, 0.29) is 17.2 Å². The van der Waals surface area contributed by atoms with E-state index in [0.29, 0.717) is 63.6 Å². The van der Waals surface area contributed by atoms with Crippen LogP contribution in [0.1, 0.15) is 24.0 Å². The molecule has 0 spiro atoms. The summed E-state index contributed by atoms with van der Waals surface area (Å²) in [5.41, 5.74) is 2.14. The summed E-state index contributed by atoms with van der Waals surface area (Å²) in [5.74, 6) is 0.321. The third-order valence-corrected chi connectivity index (χ3v) is 7.98. The molecule has 5 aromatic rings. The molecule has 0 fully saturated rings. The topological polar surface area (TPSA) is 114 Å². The van der Waals surface area contributed by atoms with Crippen LogP contribution in [0.2, 0.25) is 0 Å². The van der Waals surface area contributed by atoms with Crippen molar-refractivity contribution in [2.45, 2.75) is 36.7 Å². The number of thiophene rings is 1. The molecular formula is C28H25N3O5S2. The number of carbonyl (C=O) groups is 1. The summed E-state index contributed by atoms with van der Waals surface area (Å²) >= 11 is 2.69. The lowest BCUT2D eigenvalue weighted by Gasteiger charge is -2.13. The molecule has 0 saturated heterocycles. The van der Waals surface area contributed by atoms with E-state index in [4.69, 9.17) is 9.40 Å². The van der Waals surface area contributed by atoms with Gasteiger partial charge in [0, 0.05) is 42.8 Å². The maximum absolute atomic E-state index is 13.3. The molecule has 0 aliphatic carbocycles. The molecule has 5 rings (SSSR count). The van der Waals surface area contributed by atoms with Crippen LogP contribution in [0.3, 0.4) is 0 Å². The monoisotopic (exact) mass is 547 g/mol. The van der Waals surface area contributed by atoms with Gasteiger partial charge in [-0.05, 0) is 47.5 Å². The van der Waals surface area contributed by atoms with Crippen molar-refractivity contribution in [3.8, 4) is 5.75 Å². The van der Waals surface area contributed by atoms with Crippen molar-refractivity contribution in [2.75, 3.05) is 6.54 Å². The Balaban J connectivity index is 1.28. The van der Waals surface area contributed by atoms with E-state index in [2.05, 4.69) is 5.32 Å². The van der Waals surface area contributed by atoms with Crippen molar-refractivity contribution in [1.29, 1.82) is 0 Å². The molecule has 0 unspecified atom stereocenters. The van der Waals surface area contributed by atoms with Gasteiger partial charge >= 0.3 is 5.63 Å². The van der Waals surface area contributed by atoms with Crippen LogP contribution in [0.5, 0.6) is 5.75 Å². The summed E-state index contributed by atoms with van der Waals surface area (Å²) in [6.45, 7) is 0.906. The molecule has 0 aliphatic heterocycles. The summed E-state index contributed by atoms with van der Waals surface area (Å²) in [4.78, 5) is 42.4. The molecule has 1 amide bonds. The number of hydrogen-bond donors (Lipinski definition) is 2. The molecule has 0 bridgehead atoms. The average molecular weight is 548 g/mol. The number of aromatic hydroxyl groups is 1. The second-order valence-electron chi connectivity index (χ2n) is 8.74. The van der Waals surface area contributed by atoms with E-state index in [1.54, 1.807) is 10.6 Å². The van der Waals surface area contributed by atoms with Crippen LogP contribution in [0.4, 0.5) is 0 Å². The van der Waals surface area contributed by atoms with Crippen LogP contribution < -0.4 is 16.5 Å². The van der Waals surface area contributed by atoms with Crippen molar-refractivity contribution in [3.05, 3.63) is 97.9 Å². The van der Waals surface area contributed by atoms with Gasteiger partial charge in [0.25, 0.3) is 5.56 Å². The average Bonchev–Trinajstić information content (AvgIpc) is 3.38. The molecule has 2 aromatic carbocycles. The van der Waals surface area contributed by atoms with Gasteiger partial charge in [-0.25, -0.2) is 9.78 Å². The minimum atomic E-state index is -0.518. The lowest BCUT2D eigenvalue weighted by atomic mass is 10.1. The fraction of sp³-hybridized carbons (Fsp3) is 0.214. The zero-order chi connectivity index (χ0) is 26.5. The first-order chi connectivity index (χ1) is 18.5. The normalized spacial score (nSPS) is 11.3. The molecule has 10 heteroatoms. The number of rotatable bonds is 10. The van der Waals surface area contributed by atoms with Gasteiger partial charge in [0.05, 0.1) is 5.52 Å². The van der Waals surface area contributed by atoms with Crippen LogP contribution in [-0.2, 0) is 23.5 Å². The largest absolute Gasteiger partial charge is 0.508 e. The molecule has 2 N–H and O–H groups in total. The highest BCUT2D eigenvalue weighted by molar-refractivity contribution is 7.98. The van der Waals surface area contributed by atoms with Gasteiger partial charge in [-0.2, -0.15) is 0 Å². The van der Waals surface area contributed by atoms with Gasteiger partial charge in [-0.1, -0.05) is 42.1 Å². The van der Waals surface area contributed by atoms with Gasteiger partial charge < -0.3 is 14.8 Å². The Kier molecular flexibility index (Phi) is 7.90. The van der Waals surface area contributed by atoms with Gasteiger partial charge in [-0.15, -0.1) is 11.3 Å². The highest BCUT2D eigenvalue weighted by atomic mass is 32.2. The second kappa shape index (κ2) is 11.7. The fourth-order valence-electron chi connectivity index (χ4n) is 4.19. The predicted molar refractivity (Wildman–Crippen MR) is 150 cm³/mol. The summed E-state index contributed by atoms with van der Waals surface area (Å²) < 4.78 is 7.41. The quantitative estimate of drug-likeness (QED) is 0.148. The minimum Gasteiger partial charge on any atom is -0.508 e. The molecular weight excluding hydrogens is 522 g/mol. The van der Waals surface area contributed by atoms with E-state index in [9.17, 15) is 19.5 Å². The number of nitrogens with zero attached hydrogens (tertiary/aromatic N) is 2. The van der Waals surface area contributed by atoms with E-state index in [1.165, 1.54) is 41.3 Å². The summed E-state index contributed by atoms with van der Waals surface area (Å²) in [6.07, 6.45) is 1.54. The lowest BCUT2D eigenvalue weighted by Crippen LogP contribution is -2.27. The number of amides is 1. The molecule has 3 heterocycles.